The molecule has 0 aliphatic carbocycles. The molecule has 1 atom stereocenters. The quantitative estimate of drug-likeness (QED) is 0.796. The van der Waals surface area contributed by atoms with E-state index in [-0.39, 0.29) is 0 Å². The average molecular weight is 334 g/mol. The van der Waals surface area contributed by atoms with Gasteiger partial charge in [0.15, 0.2) is 0 Å². The van der Waals surface area contributed by atoms with Gasteiger partial charge in [-0.15, -0.1) is 0 Å². The van der Waals surface area contributed by atoms with Gasteiger partial charge in [0, 0.05) is 54.5 Å². The highest BCUT2D eigenvalue weighted by Crippen LogP contribution is 2.28. The molecule has 25 heavy (non-hydrogen) atoms. The molecular formula is C19H22N6. The van der Waals surface area contributed by atoms with Gasteiger partial charge in [0.05, 0.1) is 5.69 Å². The van der Waals surface area contributed by atoms with Crippen molar-refractivity contribution in [3.8, 4) is 11.3 Å². The zero-order chi connectivity index (χ0) is 17.2. The van der Waals surface area contributed by atoms with Gasteiger partial charge < -0.3 is 9.88 Å². The smallest absolute Gasteiger partial charge is 0.225 e. The van der Waals surface area contributed by atoms with E-state index in [2.05, 4.69) is 30.9 Å². The summed E-state index contributed by atoms with van der Waals surface area (Å²) < 4.78 is 0. The predicted octanol–water partition coefficient (Wildman–Crippen LogP) is 3.26. The SMILES string of the molecule is Cc1ccc(-c2ccnc(N3CCC[C@H](c4ncc[nH]4)C3)n2)c(C)n1. The number of pyridine rings is 1. The summed E-state index contributed by atoms with van der Waals surface area (Å²) in [6, 6.07) is 6.07. The Bertz CT molecular complexity index is 858. The van der Waals surface area contributed by atoms with Crippen molar-refractivity contribution < 1.29 is 0 Å². The minimum Gasteiger partial charge on any atom is -0.348 e. The first-order chi connectivity index (χ1) is 12.2. The van der Waals surface area contributed by atoms with Gasteiger partial charge in [-0.2, -0.15) is 0 Å². The van der Waals surface area contributed by atoms with E-state index in [0.717, 1.165) is 60.3 Å². The van der Waals surface area contributed by atoms with Gasteiger partial charge in [-0.1, -0.05) is 0 Å². The summed E-state index contributed by atoms with van der Waals surface area (Å²) in [5.41, 5.74) is 4.01. The molecule has 4 heterocycles. The highest BCUT2D eigenvalue weighted by molar-refractivity contribution is 5.62. The van der Waals surface area contributed by atoms with E-state index in [1.807, 2.05) is 44.6 Å². The number of piperidine rings is 1. The lowest BCUT2D eigenvalue weighted by molar-refractivity contribution is 0.488. The van der Waals surface area contributed by atoms with Crippen molar-refractivity contribution in [1.82, 2.24) is 24.9 Å². The highest BCUT2D eigenvalue weighted by Gasteiger charge is 2.24. The number of H-pyrrole nitrogens is 1. The Morgan fingerprint density at radius 3 is 2.80 bits per heavy atom. The fraction of sp³-hybridized carbons (Fsp3) is 0.368. The molecule has 128 valence electrons. The molecule has 1 fully saturated rings. The van der Waals surface area contributed by atoms with E-state index in [0.29, 0.717) is 5.92 Å². The highest BCUT2D eigenvalue weighted by atomic mass is 15.3. The molecule has 0 aromatic carbocycles. The van der Waals surface area contributed by atoms with Crippen LogP contribution in [-0.2, 0) is 0 Å². The Morgan fingerprint density at radius 2 is 2.00 bits per heavy atom. The number of hydrogen-bond acceptors (Lipinski definition) is 5. The van der Waals surface area contributed by atoms with Crippen LogP contribution in [-0.4, -0.2) is 38.0 Å². The van der Waals surface area contributed by atoms with Gasteiger partial charge in [-0.25, -0.2) is 15.0 Å². The lowest BCUT2D eigenvalue weighted by Crippen LogP contribution is -2.36. The summed E-state index contributed by atoms with van der Waals surface area (Å²) >= 11 is 0. The zero-order valence-corrected chi connectivity index (χ0v) is 14.6. The van der Waals surface area contributed by atoms with Crippen molar-refractivity contribution in [3.05, 3.63) is 54.0 Å². The number of hydrogen-bond donors (Lipinski definition) is 1. The van der Waals surface area contributed by atoms with Crippen LogP contribution in [0.2, 0.25) is 0 Å². The van der Waals surface area contributed by atoms with Gasteiger partial charge in [0.1, 0.15) is 5.82 Å². The first kappa shape index (κ1) is 15.7. The van der Waals surface area contributed by atoms with Crippen molar-refractivity contribution in [2.75, 3.05) is 18.0 Å². The normalized spacial score (nSPS) is 17.7. The maximum atomic E-state index is 4.82. The third-order valence-electron chi connectivity index (χ3n) is 4.75. The molecule has 0 radical (unpaired) electrons. The number of aromatic nitrogens is 5. The molecule has 6 nitrogen and oxygen atoms in total. The Kier molecular flexibility index (Phi) is 4.17. The van der Waals surface area contributed by atoms with Crippen molar-refractivity contribution in [1.29, 1.82) is 0 Å². The number of aromatic amines is 1. The number of anilines is 1. The Morgan fingerprint density at radius 1 is 1.08 bits per heavy atom. The summed E-state index contributed by atoms with van der Waals surface area (Å²) in [4.78, 5) is 23.8. The maximum Gasteiger partial charge on any atom is 0.225 e. The number of nitrogens with zero attached hydrogens (tertiary/aromatic N) is 5. The molecule has 4 rings (SSSR count). The molecule has 3 aromatic rings. The molecule has 0 amide bonds. The monoisotopic (exact) mass is 334 g/mol. The maximum absolute atomic E-state index is 4.82. The summed E-state index contributed by atoms with van der Waals surface area (Å²) in [5.74, 6) is 2.24. The number of nitrogens with one attached hydrogen (secondary N) is 1. The van der Waals surface area contributed by atoms with Crippen LogP contribution < -0.4 is 4.90 Å². The van der Waals surface area contributed by atoms with Crippen LogP contribution in [0.5, 0.6) is 0 Å². The van der Waals surface area contributed by atoms with Crippen LogP contribution in [0.3, 0.4) is 0 Å². The first-order valence-corrected chi connectivity index (χ1v) is 8.72. The molecule has 1 saturated heterocycles. The lowest BCUT2D eigenvalue weighted by Gasteiger charge is -2.32. The Balaban J connectivity index is 1.60. The molecule has 1 aliphatic rings. The van der Waals surface area contributed by atoms with E-state index in [1.165, 1.54) is 0 Å². The standard InChI is InChI=1S/C19H22N6/c1-13-5-6-16(14(2)23-13)17-7-8-22-19(24-17)25-11-3-4-15(12-25)18-20-9-10-21-18/h5-10,15H,3-4,11-12H2,1-2H3,(H,20,21)/t15-/m0/s1. The predicted molar refractivity (Wildman–Crippen MR) is 97.5 cm³/mol. The first-order valence-electron chi connectivity index (χ1n) is 8.72. The lowest BCUT2D eigenvalue weighted by atomic mass is 9.97. The molecule has 0 bridgehead atoms. The average Bonchev–Trinajstić information content (AvgIpc) is 3.17. The van der Waals surface area contributed by atoms with Gasteiger partial charge in [0.2, 0.25) is 5.95 Å². The van der Waals surface area contributed by atoms with E-state index in [4.69, 9.17) is 4.98 Å². The molecule has 1 N–H and O–H groups in total. The van der Waals surface area contributed by atoms with Crippen LogP contribution in [0.1, 0.15) is 36.0 Å². The second-order valence-corrected chi connectivity index (χ2v) is 6.59. The van der Waals surface area contributed by atoms with E-state index in [9.17, 15) is 0 Å². The van der Waals surface area contributed by atoms with Gasteiger partial charge in [0.25, 0.3) is 0 Å². The van der Waals surface area contributed by atoms with Crippen LogP contribution in [0, 0.1) is 13.8 Å². The minimum absolute atomic E-state index is 0.402. The summed E-state index contributed by atoms with van der Waals surface area (Å²) in [6.45, 7) is 5.90. The van der Waals surface area contributed by atoms with Gasteiger partial charge in [-0.05, 0) is 44.9 Å². The van der Waals surface area contributed by atoms with Crippen molar-refractivity contribution >= 4 is 5.95 Å². The molecule has 3 aromatic heterocycles. The molecular weight excluding hydrogens is 312 g/mol. The van der Waals surface area contributed by atoms with Gasteiger partial charge >= 0.3 is 0 Å². The summed E-state index contributed by atoms with van der Waals surface area (Å²) in [5, 5.41) is 0. The number of rotatable bonds is 3. The van der Waals surface area contributed by atoms with E-state index in [1.54, 1.807) is 0 Å². The topological polar surface area (TPSA) is 70.6 Å². The summed E-state index contributed by atoms with van der Waals surface area (Å²) in [6.07, 6.45) is 7.80. The van der Waals surface area contributed by atoms with Crippen molar-refractivity contribution in [3.63, 3.8) is 0 Å². The second-order valence-electron chi connectivity index (χ2n) is 6.59. The van der Waals surface area contributed by atoms with Crippen LogP contribution in [0.25, 0.3) is 11.3 Å². The minimum atomic E-state index is 0.402. The molecule has 0 spiro atoms. The largest absolute Gasteiger partial charge is 0.348 e. The third-order valence-corrected chi connectivity index (χ3v) is 4.75. The van der Waals surface area contributed by atoms with Crippen LogP contribution in [0.4, 0.5) is 5.95 Å². The Hall–Kier alpha value is -2.76. The Labute approximate surface area is 147 Å². The molecule has 6 heteroatoms. The zero-order valence-electron chi connectivity index (χ0n) is 14.6. The van der Waals surface area contributed by atoms with Crippen molar-refractivity contribution in [2.45, 2.75) is 32.6 Å². The molecule has 0 saturated carbocycles. The van der Waals surface area contributed by atoms with E-state index < -0.39 is 0 Å². The third kappa shape index (κ3) is 3.24. The van der Waals surface area contributed by atoms with E-state index >= 15 is 0 Å². The van der Waals surface area contributed by atoms with Gasteiger partial charge in [-0.3, -0.25) is 4.98 Å². The summed E-state index contributed by atoms with van der Waals surface area (Å²) in [7, 11) is 0. The number of imidazole rings is 1. The van der Waals surface area contributed by atoms with Crippen LogP contribution in [0.15, 0.2) is 36.8 Å². The van der Waals surface area contributed by atoms with Crippen LogP contribution >= 0.6 is 0 Å². The van der Waals surface area contributed by atoms with Crippen molar-refractivity contribution in [2.24, 2.45) is 0 Å². The fourth-order valence-electron chi connectivity index (χ4n) is 3.49. The fourth-order valence-corrected chi connectivity index (χ4v) is 3.49. The number of aryl methyl sites for hydroxylation is 2. The second kappa shape index (κ2) is 6.63. The molecule has 0 unspecified atom stereocenters. The molecule has 1 aliphatic heterocycles.